The topological polar surface area (TPSA) is 56.5 Å². The van der Waals surface area contributed by atoms with Crippen LogP contribution in [0.3, 0.4) is 0 Å². The quantitative estimate of drug-likeness (QED) is 0.942. The van der Waals surface area contributed by atoms with Gasteiger partial charge in [0.25, 0.3) is 0 Å². The van der Waals surface area contributed by atoms with Gasteiger partial charge in [0.15, 0.2) is 0 Å². The number of nitrogens with zero attached hydrogens (tertiary/aromatic N) is 2. The normalized spacial score (nSPS) is 29.0. The molecule has 0 aromatic heterocycles. The van der Waals surface area contributed by atoms with E-state index in [0.717, 1.165) is 42.0 Å². The van der Waals surface area contributed by atoms with Gasteiger partial charge in [-0.1, -0.05) is 24.3 Å². The van der Waals surface area contributed by atoms with E-state index < -0.39 is 5.60 Å². The molecule has 2 heterocycles. The van der Waals surface area contributed by atoms with E-state index in [1.807, 2.05) is 24.3 Å². The van der Waals surface area contributed by atoms with Gasteiger partial charge in [-0.25, -0.2) is 0 Å². The molecule has 1 N–H and O–H groups in total. The van der Waals surface area contributed by atoms with Crippen molar-refractivity contribution in [3.63, 3.8) is 0 Å². The molecule has 2 bridgehead atoms. The molecule has 2 aromatic rings. The summed E-state index contributed by atoms with van der Waals surface area (Å²) in [5.41, 5.74) is 1.20. The first-order valence-corrected chi connectivity index (χ1v) is 8.57. The monoisotopic (exact) mass is 322 g/mol. The molecule has 4 heteroatoms. The second-order valence-electron chi connectivity index (χ2n) is 7.15. The van der Waals surface area contributed by atoms with Crippen molar-refractivity contribution in [2.75, 3.05) is 18.6 Å². The van der Waals surface area contributed by atoms with E-state index in [2.05, 4.69) is 23.1 Å². The molecular weight excluding hydrogens is 300 g/mol. The summed E-state index contributed by atoms with van der Waals surface area (Å²) < 4.78 is 5.25. The van der Waals surface area contributed by atoms with E-state index in [4.69, 9.17) is 4.74 Å². The maximum Gasteiger partial charge on any atom is 0.0998 e. The minimum Gasteiger partial charge on any atom is -0.387 e. The standard InChI is InChI=1S/C20H22N2O2/c1-24-13-20(23)10-15-7-8-16(11-20)22(15)19-9-6-14(12-21)17-4-2-3-5-18(17)19/h2-6,9,15-16,23H,7-8,10-11,13H2,1H3/t15-,16+,20?. The Kier molecular flexibility index (Phi) is 3.71. The second-order valence-corrected chi connectivity index (χ2v) is 7.15. The molecule has 2 aromatic carbocycles. The van der Waals surface area contributed by atoms with Crippen LogP contribution in [-0.4, -0.2) is 36.5 Å². The smallest absolute Gasteiger partial charge is 0.0998 e. The van der Waals surface area contributed by atoms with Gasteiger partial charge in [-0.15, -0.1) is 0 Å². The van der Waals surface area contributed by atoms with Crippen LogP contribution in [-0.2, 0) is 4.74 Å². The summed E-state index contributed by atoms with van der Waals surface area (Å²) in [6.45, 7) is 0.405. The Morgan fingerprint density at radius 3 is 2.46 bits per heavy atom. The zero-order valence-corrected chi connectivity index (χ0v) is 13.9. The zero-order chi connectivity index (χ0) is 16.7. The number of anilines is 1. The van der Waals surface area contributed by atoms with Crippen LogP contribution in [0.5, 0.6) is 0 Å². The molecular formula is C20H22N2O2. The third kappa shape index (κ3) is 2.36. The summed E-state index contributed by atoms with van der Waals surface area (Å²) >= 11 is 0. The molecule has 3 atom stereocenters. The van der Waals surface area contributed by atoms with Crippen molar-refractivity contribution in [1.82, 2.24) is 0 Å². The van der Waals surface area contributed by atoms with E-state index in [1.54, 1.807) is 7.11 Å². The molecule has 2 fully saturated rings. The Labute approximate surface area is 142 Å². The first-order valence-electron chi connectivity index (χ1n) is 8.57. The van der Waals surface area contributed by atoms with Gasteiger partial charge in [0.2, 0.25) is 0 Å². The van der Waals surface area contributed by atoms with Crippen molar-refractivity contribution in [3.05, 3.63) is 42.0 Å². The number of ether oxygens (including phenoxy) is 1. The van der Waals surface area contributed by atoms with Gasteiger partial charge in [0.1, 0.15) is 0 Å². The molecule has 0 amide bonds. The number of fused-ring (bicyclic) bond motifs is 3. The van der Waals surface area contributed by atoms with Crippen molar-refractivity contribution in [2.24, 2.45) is 0 Å². The second kappa shape index (κ2) is 5.77. The fourth-order valence-corrected chi connectivity index (χ4v) is 4.71. The van der Waals surface area contributed by atoms with Gasteiger partial charge in [-0.3, -0.25) is 0 Å². The molecule has 2 aliphatic heterocycles. The first kappa shape index (κ1) is 15.4. The highest BCUT2D eigenvalue weighted by Crippen LogP contribution is 2.45. The van der Waals surface area contributed by atoms with E-state index in [0.29, 0.717) is 18.7 Å². The minimum absolute atomic E-state index is 0.334. The van der Waals surface area contributed by atoms with Gasteiger partial charge < -0.3 is 14.7 Å². The Hall–Kier alpha value is -2.09. The maximum atomic E-state index is 10.8. The predicted molar refractivity (Wildman–Crippen MR) is 94.0 cm³/mol. The zero-order valence-electron chi connectivity index (χ0n) is 13.9. The Balaban J connectivity index is 1.76. The lowest BCUT2D eigenvalue weighted by Gasteiger charge is -2.45. The van der Waals surface area contributed by atoms with Gasteiger partial charge in [-0.05, 0) is 37.8 Å². The fourth-order valence-electron chi connectivity index (χ4n) is 4.71. The van der Waals surface area contributed by atoms with Gasteiger partial charge in [-0.2, -0.15) is 5.26 Å². The van der Waals surface area contributed by atoms with Crippen LogP contribution in [0.2, 0.25) is 0 Å². The van der Waals surface area contributed by atoms with Crippen molar-refractivity contribution in [1.29, 1.82) is 5.26 Å². The van der Waals surface area contributed by atoms with Crippen LogP contribution in [0.4, 0.5) is 5.69 Å². The lowest BCUT2D eigenvalue weighted by atomic mass is 9.86. The summed E-state index contributed by atoms with van der Waals surface area (Å²) in [4.78, 5) is 2.48. The average molecular weight is 322 g/mol. The lowest BCUT2D eigenvalue weighted by Crippen LogP contribution is -2.53. The predicted octanol–water partition coefficient (Wildman–Crippen LogP) is 3.22. The van der Waals surface area contributed by atoms with Crippen LogP contribution in [0, 0.1) is 11.3 Å². The van der Waals surface area contributed by atoms with E-state index >= 15 is 0 Å². The summed E-state index contributed by atoms with van der Waals surface area (Å²) in [5, 5.41) is 22.3. The Bertz CT molecular complexity index is 797. The lowest BCUT2D eigenvalue weighted by molar-refractivity contribution is -0.0570. The number of methoxy groups -OCH3 is 1. The largest absolute Gasteiger partial charge is 0.387 e. The van der Waals surface area contributed by atoms with Crippen LogP contribution in [0.25, 0.3) is 10.8 Å². The van der Waals surface area contributed by atoms with Crippen LogP contribution >= 0.6 is 0 Å². The first-order chi connectivity index (χ1) is 11.6. The average Bonchev–Trinajstić information content (AvgIpc) is 2.86. The van der Waals surface area contributed by atoms with E-state index in [-0.39, 0.29) is 0 Å². The third-order valence-electron chi connectivity index (χ3n) is 5.56. The molecule has 24 heavy (non-hydrogen) atoms. The SMILES string of the molecule is COCC1(O)C[C@H]2CC[C@@H](C1)N2c1ccc(C#N)c2ccccc12. The number of aliphatic hydroxyl groups is 1. The number of hydrogen-bond acceptors (Lipinski definition) is 4. The van der Waals surface area contributed by atoms with Gasteiger partial charge >= 0.3 is 0 Å². The number of hydrogen-bond donors (Lipinski definition) is 1. The van der Waals surface area contributed by atoms with E-state index in [1.165, 1.54) is 5.69 Å². The molecule has 4 rings (SSSR count). The van der Waals surface area contributed by atoms with Crippen LogP contribution in [0.15, 0.2) is 36.4 Å². The number of nitriles is 1. The Morgan fingerprint density at radius 1 is 1.17 bits per heavy atom. The molecule has 2 saturated heterocycles. The van der Waals surface area contributed by atoms with Crippen molar-refractivity contribution < 1.29 is 9.84 Å². The maximum absolute atomic E-state index is 10.8. The molecule has 0 aliphatic carbocycles. The minimum atomic E-state index is -0.709. The summed E-state index contributed by atoms with van der Waals surface area (Å²) in [7, 11) is 1.65. The summed E-state index contributed by atoms with van der Waals surface area (Å²) in [6, 6.07) is 15.1. The molecule has 1 unspecified atom stereocenters. The number of benzene rings is 2. The molecule has 0 spiro atoms. The molecule has 4 nitrogen and oxygen atoms in total. The highest BCUT2D eigenvalue weighted by atomic mass is 16.5. The van der Waals surface area contributed by atoms with Crippen molar-refractivity contribution in [3.8, 4) is 6.07 Å². The van der Waals surface area contributed by atoms with Crippen LogP contribution < -0.4 is 4.90 Å². The van der Waals surface area contributed by atoms with Gasteiger partial charge in [0.05, 0.1) is 23.8 Å². The van der Waals surface area contributed by atoms with Crippen molar-refractivity contribution >= 4 is 16.5 Å². The Morgan fingerprint density at radius 2 is 1.83 bits per heavy atom. The third-order valence-corrected chi connectivity index (χ3v) is 5.56. The molecule has 0 saturated carbocycles. The highest BCUT2D eigenvalue weighted by molar-refractivity contribution is 5.98. The summed E-state index contributed by atoms with van der Waals surface area (Å²) in [6.07, 6.45) is 3.69. The summed E-state index contributed by atoms with van der Waals surface area (Å²) in [5.74, 6) is 0. The highest BCUT2D eigenvalue weighted by Gasteiger charge is 2.47. The molecule has 124 valence electrons. The number of piperidine rings is 1. The number of rotatable bonds is 3. The molecule has 2 aliphatic rings. The van der Waals surface area contributed by atoms with E-state index in [9.17, 15) is 10.4 Å². The van der Waals surface area contributed by atoms with Gasteiger partial charge in [0, 0.05) is 35.7 Å². The fraction of sp³-hybridized carbons (Fsp3) is 0.450. The van der Waals surface area contributed by atoms with Crippen molar-refractivity contribution in [2.45, 2.75) is 43.4 Å². The molecule has 0 radical (unpaired) electrons. The van der Waals surface area contributed by atoms with Crippen LogP contribution in [0.1, 0.15) is 31.2 Å².